The first-order valence-corrected chi connectivity index (χ1v) is 11.2. The molecule has 1 aromatic rings. The van der Waals surface area contributed by atoms with Crippen molar-refractivity contribution in [2.45, 2.75) is 50.0 Å². The molecule has 3 rings (SSSR count). The van der Waals surface area contributed by atoms with E-state index < -0.39 is 10.0 Å². The van der Waals surface area contributed by atoms with Crippen molar-refractivity contribution in [2.24, 2.45) is 4.99 Å². The van der Waals surface area contributed by atoms with E-state index in [9.17, 15) is 13.2 Å². The van der Waals surface area contributed by atoms with Crippen LogP contribution >= 0.6 is 12.4 Å². The normalized spacial score (nSPS) is 19.5. The van der Waals surface area contributed by atoms with E-state index in [2.05, 4.69) is 22.0 Å². The van der Waals surface area contributed by atoms with Crippen molar-refractivity contribution < 1.29 is 13.2 Å². The molecule has 0 spiro atoms. The van der Waals surface area contributed by atoms with Crippen LogP contribution in [0.4, 0.5) is 0 Å². The van der Waals surface area contributed by atoms with E-state index in [1.165, 1.54) is 0 Å². The van der Waals surface area contributed by atoms with Crippen LogP contribution in [-0.4, -0.2) is 57.3 Å². The maximum absolute atomic E-state index is 12.7. The van der Waals surface area contributed by atoms with Gasteiger partial charge in [0.2, 0.25) is 5.91 Å². The van der Waals surface area contributed by atoms with Crippen molar-refractivity contribution in [1.82, 2.24) is 14.9 Å². The average Bonchev–Trinajstić information content (AvgIpc) is 2.94. The summed E-state index contributed by atoms with van der Waals surface area (Å²) < 4.78 is 26.7. The van der Waals surface area contributed by atoms with Crippen LogP contribution in [0.5, 0.6) is 0 Å². The van der Waals surface area contributed by atoms with Gasteiger partial charge >= 0.3 is 0 Å². The van der Waals surface area contributed by atoms with Gasteiger partial charge in [0, 0.05) is 31.1 Å². The number of hydrogen-bond donors (Lipinski definition) is 2. The topological polar surface area (TPSA) is 90.9 Å². The number of aliphatic imine (C=N–C) groups is 1. The van der Waals surface area contributed by atoms with Crippen molar-refractivity contribution in [3.8, 4) is 0 Å². The molecule has 0 atom stereocenters. The van der Waals surface area contributed by atoms with E-state index in [0.29, 0.717) is 36.8 Å². The number of carbonyl (C=O) groups excluding carboxylic acids is 1. The van der Waals surface area contributed by atoms with Crippen LogP contribution < -0.4 is 10.0 Å². The predicted molar refractivity (Wildman–Crippen MR) is 113 cm³/mol. The number of hydrogen-bond acceptors (Lipinski definition) is 5. The number of fused-ring (bicyclic) bond motifs is 1. The van der Waals surface area contributed by atoms with Crippen LogP contribution in [0.15, 0.2) is 34.2 Å². The maximum atomic E-state index is 12.7. The zero-order chi connectivity index (χ0) is 19.3. The molecular formula is C19H29ClN4O3S. The van der Waals surface area contributed by atoms with E-state index in [0.717, 1.165) is 38.9 Å². The molecule has 1 saturated heterocycles. The lowest BCUT2D eigenvalue weighted by Crippen LogP contribution is -2.46. The number of nitrogens with one attached hydrogen (secondary N) is 2. The lowest BCUT2D eigenvalue weighted by molar-refractivity contribution is -0.134. The monoisotopic (exact) mass is 428 g/mol. The molecule has 0 bridgehead atoms. The van der Waals surface area contributed by atoms with Gasteiger partial charge in [-0.1, -0.05) is 19.1 Å². The highest BCUT2D eigenvalue weighted by Crippen LogP contribution is 2.22. The fourth-order valence-electron chi connectivity index (χ4n) is 3.69. The number of sulfonamides is 1. The Balaban J connectivity index is 0.00000280. The Morgan fingerprint density at radius 3 is 2.68 bits per heavy atom. The number of halogens is 1. The Morgan fingerprint density at radius 1 is 1.25 bits per heavy atom. The zero-order valence-electron chi connectivity index (χ0n) is 16.2. The third-order valence-corrected chi connectivity index (χ3v) is 6.41. The van der Waals surface area contributed by atoms with Gasteiger partial charge in [-0.2, -0.15) is 0 Å². The second-order valence-corrected chi connectivity index (χ2v) is 8.65. The van der Waals surface area contributed by atoms with E-state index >= 15 is 0 Å². The minimum atomic E-state index is -3.51. The summed E-state index contributed by atoms with van der Waals surface area (Å²) in [7, 11) is -3.51. The predicted octanol–water partition coefficient (Wildman–Crippen LogP) is 1.92. The third kappa shape index (κ3) is 5.24. The van der Waals surface area contributed by atoms with Crippen LogP contribution in [0, 0.1) is 0 Å². The van der Waals surface area contributed by atoms with Gasteiger partial charge in [0.25, 0.3) is 10.0 Å². The van der Waals surface area contributed by atoms with Crippen molar-refractivity contribution in [2.75, 3.05) is 26.2 Å². The Bertz CT molecular complexity index is 807. The lowest BCUT2D eigenvalue weighted by Gasteiger charge is -2.34. The Morgan fingerprint density at radius 2 is 1.96 bits per heavy atom. The summed E-state index contributed by atoms with van der Waals surface area (Å²) in [5.41, 5.74) is 0.603. The highest BCUT2D eigenvalue weighted by molar-refractivity contribution is 7.90. The van der Waals surface area contributed by atoms with Crippen LogP contribution in [0.3, 0.4) is 0 Å². The van der Waals surface area contributed by atoms with E-state index in [1.54, 1.807) is 24.3 Å². The highest BCUT2D eigenvalue weighted by atomic mass is 35.5. The molecule has 1 aromatic carbocycles. The van der Waals surface area contributed by atoms with Crippen molar-refractivity contribution in [3.05, 3.63) is 29.8 Å². The molecule has 2 N–H and O–H groups in total. The smallest absolute Gasteiger partial charge is 0.263 e. The number of amidine groups is 1. The minimum absolute atomic E-state index is 0. The summed E-state index contributed by atoms with van der Waals surface area (Å²) in [5, 5.41) is 3.34. The Hall–Kier alpha value is -1.64. The molecule has 1 fully saturated rings. The summed E-state index contributed by atoms with van der Waals surface area (Å²) in [6, 6.07) is 7.14. The average molecular weight is 429 g/mol. The number of amides is 1. The van der Waals surface area contributed by atoms with Gasteiger partial charge in [-0.15, -0.1) is 12.4 Å². The summed E-state index contributed by atoms with van der Waals surface area (Å²) in [6.45, 7) is 5.24. The standard InChI is InChI=1S/C19H28N4O3S.ClH/c1-2-14-23(15-9-12-20-13-10-15)18(24)8-5-11-21-19-16-6-3-4-7-17(16)27(25,26)22-19;/h3-4,6-7,15,20H,2,5,8-14H2,1H3,(H,21,22);1H. The van der Waals surface area contributed by atoms with Gasteiger partial charge in [-0.3, -0.25) is 14.5 Å². The minimum Gasteiger partial charge on any atom is -0.340 e. The molecule has 7 nitrogen and oxygen atoms in total. The lowest BCUT2D eigenvalue weighted by atomic mass is 10.0. The van der Waals surface area contributed by atoms with E-state index in [1.807, 2.05) is 4.90 Å². The van der Waals surface area contributed by atoms with Crippen LogP contribution in [0.1, 0.15) is 44.6 Å². The molecule has 0 saturated carbocycles. The van der Waals surface area contributed by atoms with E-state index in [4.69, 9.17) is 0 Å². The summed E-state index contributed by atoms with van der Waals surface area (Å²) in [5.74, 6) is 0.554. The van der Waals surface area contributed by atoms with Crippen LogP contribution in [0.25, 0.3) is 0 Å². The van der Waals surface area contributed by atoms with Gasteiger partial charge in [-0.05, 0) is 50.9 Å². The largest absolute Gasteiger partial charge is 0.340 e. The molecule has 156 valence electrons. The second-order valence-electron chi connectivity index (χ2n) is 7.00. The van der Waals surface area contributed by atoms with Crippen LogP contribution in [0.2, 0.25) is 0 Å². The van der Waals surface area contributed by atoms with Crippen LogP contribution in [-0.2, 0) is 14.8 Å². The Kier molecular flexibility index (Phi) is 8.27. The first-order valence-electron chi connectivity index (χ1n) is 9.70. The van der Waals surface area contributed by atoms with Gasteiger partial charge < -0.3 is 10.2 Å². The summed E-state index contributed by atoms with van der Waals surface area (Å²) in [6.07, 6.45) is 4.02. The molecule has 2 aliphatic heterocycles. The number of nitrogens with zero attached hydrogens (tertiary/aromatic N) is 2. The number of benzene rings is 1. The molecule has 0 aliphatic carbocycles. The second kappa shape index (κ2) is 10.2. The molecule has 2 heterocycles. The number of piperidine rings is 1. The van der Waals surface area contributed by atoms with Crippen molar-refractivity contribution in [1.29, 1.82) is 0 Å². The third-order valence-electron chi connectivity index (χ3n) is 5.02. The van der Waals surface area contributed by atoms with Crippen molar-refractivity contribution in [3.63, 3.8) is 0 Å². The quantitative estimate of drug-likeness (QED) is 0.649. The molecule has 9 heteroatoms. The number of rotatable bonds is 7. The SMILES string of the molecule is CCCN(C(=O)CCCN=C1NS(=O)(=O)c2ccccc21)C1CCNCC1.Cl. The van der Waals surface area contributed by atoms with E-state index in [-0.39, 0.29) is 23.2 Å². The molecular weight excluding hydrogens is 400 g/mol. The van der Waals surface area contributed by atoms with Gasteiger partial charge in [0.15, 0.2) is 0 Å². The first kappa shape index (κ1) is 22.6. The number of carbonyl (C=O) groups is 1. The first-order chi connectivity index (χ1) is 13.0. The Labute approximate surface area is 173 Å². The zero-order valence-corrected chi connectivity index (χ0v) is 17.8. The molecule has 0 radical (unpaired) electrons. The van der Waals surface area contributed by atoms with Gasteiger partial charge in [-0.25, -0.2) is 8.42 Å². The maximum Gasteiger partial charge on any atom is 0.263 e. The highest BCUT2D eigenvalue weighted by Gasteiger charge is 2.30. The molecule has 28 heavy (non-hydrogen) atoms. The van der Waals surface area contributed by atoms with Gasteiger partial charge in [0.05, 0.1) is 4.90 Å². The molecule has 0 unspecified atom stereocenters. The van der Waals surface area contributed by atoms with Gasteiger partial charge in [0.1, 0.15) is 5.84 Å². The molecule has 1 amide bonds. The molecule has 2 aliphatic rings. The molecule has 0 aromatic heterocycles. The fourth-order valence-corrected chi connectivity index (χ4v) is 4.94. The van der Waals surface area contributed by atoms with Crippen molar-refractivity contribution >= 4 is 34.2 Å². The summed E-state index contributed by atoms with van der Waals surface area (Å²) >= 11 is 0. The fraction of sp³-hybridized carbons (Fsp3) is 0.579. The summed E-state index contributed by atoms with van der Waals surface area (Å²) in [4.78, 5) is 19.4.